The van der Waals surface area contributed by atoms with Crippen LogP contribution in [0.4, 0.5) is 4.39 Å². The number of aliphatic hydroxyl groups is 1. The number of benzene rings is 1. The third-order valence-corrected chi connectivity index (χ3v) is 5.01. The second-order valence-electron chi connectivity index (χ2n) is 5.45. The lowest BCUT2D eigenvalue weighted by molar-refractivity contribution is 0.0693. The van der Waals surface area contributed by atoms with E-state index in [1.807, 2.05) is 17.5 Å². The Morgan fingerprint density at radius 1 is 1.29 bits per heavy atom. The number of aliphatic hydroxyl groups excluding tert-OH is 1. The molecule has 3 aromatic rings. The van der Waals surface area contributed by atoms with Crippen LogP contribution in [0.1, 0.15) is 27.0 Å². The SMILES string of the molecule is O=C1c2oc3ccc(F)cc3c(=O)c2C(c2cccs2)N1CCO. The third kappa shape index (κ3) is 2.09. The van der Waals surface area contributed by atoms with E-state index in [0.29, 0.717) is 0 Å². The van der Waals surface area contributed by atoms with E-state index in [4.69, 9.17) is 4.42 Å². The zero-order valence-electron chi connectivity index (χ0n) is 12.4. The van der Waals surface area contributed by atoms with Crippen LogP contribution in [-0.2, 0) is 0 Å². The Balaban J connectivity index is 2.03. The highest BCUT2D eigenvalue weighted by atomic mass is 32.1. The van der Waals surface area contributed by atoms with Crippen molar-refractivity contribution in [2.24, 2.45) is 0 Å². The van der Waals surface area contributed by atoms with Gasteiger partial charge < -0.3 is 14.4 Å². The molecule has 1 atom stereocenters. The molecule has 0 fully saturated rings. The van der Waals surface area contributed by atoms with Crippen molar-refractivity contribution in [2.45, 2.75) is 6.04 Å². The first kappa shape index (κ1) is 15.0. The van der Waals surface area contributed by atoms with Gasteiger partial charge in [-0.1, -0.05) is 6.07 Å². The monoisotopic (exact) mass is 345 g/mol. The fourth-order valence-electron chi connectivity index (χ4n) is 3.07. The summed E-state index contributed by atoms with van der Waals surface area (Å²) in [6.07, 6.45) is 0. The van der Waals surface area contributed by atoms with Crippen LogP contribution in [0.3, 0.4) is 0 Å². The van der Waals surface area contributed by atoms with Gasteiger partial charge in [-0.3, -0.25) is 9.59 Å². The molecule has 0 radical (unpaired) electrons. The van der Waals surface area contributed by atoms with E-state index < -0.39 is 23.2 Å². The second kappa shape index (κ2) is 5.54. The van der Waals surface area contributed by atoms with Crippen LogP contribution in [0, 0.1) is 5.82 Å². The molecule has 1 aromatic carbocycles. The molecule has 0 bridgehead atoms. The Hall–Kier alpha value is -2.51. The van der Waals surface area contributed by atoms with E-state index in [-0.39, 0.29) is 35.4 Å². The van der Waals surface area contributed by atoms with Crippen molar-refractivity contribution in [3.63, 3.8) is 0 Å². The third-order valence-electron chi connectivity index (χ3n) is 4.08. The molecule has 1 N–H and O–H groups in total. The summed E-state index contributed by atoms with van der Waals surface area (Å²) in [6, 6.07) is 6.66. The minimum absolute atomic E-state index is 0.0361. The highest BCUT2D eigenvalue weighted by Gasteiger charge is 2.42. The lowest BCUT2D eigenvalue weighted by Crippen LogP contribution is -2.31. The number of carbonyl (C=O) groups is 1. The second-order valence-corrected chi connectivity index (χ2v) is 6.43. The molecule has 0 saturated heterocycles. The molecule has 3 heterocycles. The van der Waals surface area contributed by atoms with Gasteiger partial charge in [-0.2, -0.15) is 0 Å². The largest absolute Gasteiger partial charge is 0.450 e. The van der Waals surface area contributed by atoms with Crippen LogP contribution in [0.15, 0.2) is 44.9 Å². The number of amides is 1. The van der Waals surface area contributed by atoms with Crippen LogP contribution in [0.5, 0.6) is 0 Å². The van der Waals surface area contributed by atoms with Gasteiger partial charge >= 0.3 is 0 Å². The van der Waals surface area contributed by atoms with Crippen LogP contribution < -0.4 is 5.43 Å². The topological polar surface area (TPSA) is 70.8 Å². The van der Waals surface area contributed by atoms with Crippen LogP contribution in [0.25, 0.3) is 11.0 Å². The Bertz CT molecular complexity index is 996. The molecule has 0 aliphatic carbocycles. The van der Waals surface area contributed by atoms with Gasteiger partial charge in [-0.05, 0) is 29.6 Å². The zero-order chi connectivity index (χ0) is 16.8. The maximum atomic E-state index is 13.5. The normalized spacial score (nSPS) is 16.8. The van der Waals surface area contributed by atoms with Gasteiger partial charge in [0.1, 0.15) is 11.4 Å². The molecule has 2 aromatic heterocycles. The van der Waals surface area contributed by atoms with Gasteiger partial charge in [0.25, 0.3) is 5.91 Å². The first-order chi connectivity index (χ1) is 11.6. The van der Waals surface area contributed by atoms with Gasteiger partial charge in [0.15, 0.2) is 5.43 Å². The van der Waals surface area contributed by atoms with Gasteiger partial charge in [-0.25, -0.2) is 4.39 Å². The average molecular weight is 345 g/mol. The minimum atomic E-state index is -0.622. The maximum absolute atomic E-state index is 13.5. The van der Waals surface area contributed by atoms with Crippen molar-refractivity contribution < 1.29 is 18.7 Å². The first-order valence-electron chi connectivity index (χ1n) is 7.33. The highest BCUT2D eigenvalue weighted by molar-refractivity contribution is 7.10. The number of nitrogens with zero attached hydrogens (tertiary/aromatic N) is 1. The molecule has 24 heavy (non-hydrogen) atoms. The number of rotatable bonds is 3. The van der Waals surface area contributed by atoms with E-state index in [2.05, 4.69) is 0 Å². The molecular weight excluding hydrogens is 333 g/mol. The summed E-state index contributed by atoms with van der Waals surface area (Å²) < 4.78 is 19.1. The quantitative estimate of drug-likeness (QED) is 0.792. The Morgan fingerprint density at radius 3 is 2.83 bits per heavy atom. The molecule has 1 aliphatic heterocycles. The summed E-state index contributed by atoms with van der Waals surface area (Å²) in [5, 5.41) is 11.2. The minimum Gasteiger partial charge on any atom is -0.450 e. The fraction of sp³-hybridized carbons (Fsp3) is 0.176. The van der Waals surface area contributed by atoms with E-state index in [1.165, 1.54) is 28.4 Å². The molecule has 4 rings (SSSR count). The van der Waals surface area contributed by atoms with Crippen molar-refractivity contribution in [3.05, 3.63) is 68.0 Å². The summed E-state index contributed by atoms with van der Waals surface area (Å²) in [7, 11) is 0. The molecular formula is C17H12FNO4S. The lowest BCUT2D eigenvalue weighted by atomic mass is 10.0. The van der Waals surface area contributed by atoms with E-state index in [9.17, 15) is 19.1 Å². The predicted octanol–water partition coefficient (Wildman–Crippen LogP) is 2.53. The molecule has 7 heteroatoms. The molecule has 0 saturated carbocycles. The first-order valence-corrected chi connectivity index (χ1v) is 8.21. The molecule has 1 amide bonds. The van der Waals surface area contributed by atoms with Crippen molar-refractivity contribution in [2.75, 3.05) is 13.2 Å². The predicted molar refractivity (Wildman–Crippen MR) is 86.7 cm³/mol. The number of thiophene rings is 1. The van der Waals surface area contributed by atoms with Crippen LogP contribution >= 0.6 is 11.3 Å². The van der Waals surface area contributed by atoms with E-state index in [0.717, 1.165) is 10.9 Å². The summed E-state index contributed by atoms with van der Waals surface area (Å²) in [6.45, 7) is -0.153. The zero-order valence-corrected chi connectivity index (χ0v) is 13.2. The summed E-state index contributed by atoms with van der Waals surface area (Å²) >= 11 is 1.40. The summed E-state index contributed by atoms with van der Waals surface area (Å²) in [5.41, 5.74) is -0.0452. The average Bonchev–Trinajstić information content (AvgIpc) is 3.17. The smallest absolute Gasteiger partial charge is 0.291 e. The van der Waals surface area contributed by atoms with Crippen LogP contribution in [-0.4, -0.2) is 29.1 Å². The molecule has 122 valence electrons. The lowest BCUT2D eigenvalue weighted by Gasteiger charge is -2.22. The van der Waals surface area contributed by atoms with Gasteiger partial charge in [0.05, 0.1) is 23.6 Å². The highest BCUT2D eigenvalue weighted by Crippen LogP contribution is 2.39. The summed E-state index contributed by atoms with van der Waals surface area (Å²) in [5.74, 6) is -1.02. The number of carbonyl (C=O) groups excluding carboxylic acids is 1. The summed E-state index contributed by atoms with van der Waals surface area (Å²) in [4.78, 5) is 27.8. The van der Waals surface area contributed by atoms with Crippen LogP contribution in [0.2, 0.25) is 0 Å². The number of halogens is 1. The molecule has 0 spiro atoms. The number of β-amino-alcohol motifs (C(OH)–C–C–N with tert-alkyl or cyclic N) is 1. The van der Waals surface area contributed by atoms with Crippen molar-refractivity contribution in [3.8, 4) is 0 Å². The number of hydrogen-bond acceptors (Lipinski definition) is 5. The molecule has 1 unspecified atom stereocenters. The van der Waals surface area contributed by atoms with E-state index >= 15 is 0 Å². The van der Waals surface area contributed by atoms with Gasteiger partial charge in [-0.15, -0.1) is 11.3 Å². The maximum Gasteiger partial charge on any atom is 0.291 e. The van der Waals surface area contributed by atoms with Crippen molar-refractivity contribution in [1.29, 1.82) is 0 Å². The molecule has 5 nitrogen and oxygen atoms in total. The van der Waals surface area contributed by atoms with Gasteiger partial charge in [0.2, 0.25) is 5.76 Å². The van der Waals surface area contributed by atoms with Crippen molar-refractivity contribution >= 4 is 28.2 Å². The standard InChI is InChI=1S/C17H12FNO4S/c18-9-3-4-11-10(8-9)15(21)13-14(12-2-1-7-24-12)19(5-6-20)17(22)16(13)23-11/h1-4,7-8,14,20H,5-6H2. The van der Waals surface area contributed by atoms with E-state index in [1.54, 1.807) is 0 Å². The van der Waals surface area contributed by atoms with Gasteiger partial charge in [0, 0.05) is 11.4 Å². The number of hydrogen-bond donors (Lipinski definition) is 1. The fourth-order valence-corrected chi connectivity index (χ4v) is 3.92. The van der Waals surface area contributed by atoms with Crippen molar-refractivity contribution in [1.82, 2.24) is 4.90 Å². The Labute approximate surface area is 139 Å². The Kier molecular flexibility index (Phi) is 3.47. The molecule has 1 aliphatic rings. The Morgan fingerprint density at radius 2 is 2.12 bits per heavy atom. The number of fused-ring (bicyclic) bond motifs is 2.